The Morgan fingerprint density at radius 2 is 1.12 bits per heavy atom. The van der Waals surface area contributed by atoms with E-state index in [0.717, 1.165) is 24.1 Å². The molecular weight excluding hydrogens is 384 g/mol. The summed E-state index contributed by atoms with van der Waals surface area (Å²) in [5, 5.41) is 1.16. The van der Waals surface area contributed by atoms with Crippen LogP contribution in [0.4, 0.5) is 0 Å². The second-order valence-corrected chi connectivity index (χ2v) is 7.73. The highest BCUT2D eigenvalue weighted by atomic mass is 79.9. The maximum atomic E-state index is 6.07. The van der Waals surface area contributed by atoms with E-state index in [2.05, 4.69) is 70.5 Å². The van der Waals surface area contributed by atoms with Gasteiger partial charge in [-0.25, -0.2) is 0 Å². The molecule has 0 saturated carbocycles. The van der Waals surface area contributed by atoms with Crippen LogP contribution in [0.3, 0.4) is 0 Å². The fourth-order valence-electron chi connectivity index (χ4n) is 3.24. The molecule has 0 aliphatic carbocycles. The molecule has 0 aliphatic rings. The largest absolute Gasteiger partial charge is 0.493 e. The third-order valence-electron chi connectivity index (χ3n) is 4.76. The minimum atomic E-state index is 0.816. The predicted molar refractivity (Wildman–Crippen MR) is 117 cm³/mol. The first-order valence-electron chi connectivity index (χ1n) is 10.2. The highest BCUT2D eigenvalue weighted by molar-refractivity contribution is 9.09. The lowest BCUT2D eigenvalue weighted by molar-refractivity contribution is 0.305. The molecule has 0 atom stereocenters. The number of para-hydroxylation sites is 1. The molecule has 0 aromatic heterocycles. The van der Waals surface area contributed by atoms with E-state index < -0.39 is 0 Å². The molecule has 0 bridgehead atoms. The zero-order valence-electron chi connectivity index (χ0n) is 16.0. The van der Waals surface area contributed by atoms with Crippen LogP contribution in [0.2, 0.25) is 0 Å². The first kappa shape index (κ1) is 21.0. The van der Waals surface area contributed by atoms with Crippen LogP contribution >= 0.6 is 15.9 Å². The molecule has 0 aliphatic heterocycles. The van der Waals surface area contributed by atoms with E-state index in [-0.39, 0.29) is 0 Å². The fraction of sp³-hybridized carbons (Fsp3) is 0.500. The molecule has 2 aromatic rings. The molecular formula is C24H33BrO. The molecule has 1 nitrogen and oxygen atoms in total. The first-order valence-corrected chi connectivity index (χ1v) is 11.4. The Bertz CT molecular complexity index is 582. The topological polar surface area (TPSA) is 9.23 Å². The third-order valence-corrected chi connectivity index (χ3v) is 5.32. The molecule has 0 radical (unpaired) electrons. The summed E-state index contributed by atoms with van der Waals surface area (Å²) >= 11 is 3.49. The maximum absolute atomic E-state index is 6.07. The molecule has 0 spiro atoms. The zero-order valence-corrected chi connectivity index (χ0v) is 17.6. The average molecular weight is 417 g/mol. The Balaban J connectivity index is 1.56. The first-order chi connectivity index (χ1) is 12.9. The summed E-state index contributed by atoms with van der Waals surface area (Å²) in [6.07, 6.45) is 13.5. The minimum Gasteiger partial charge on any atom is -0.493 e. The number of rotatable bonds is 14. The standard InChI is InChI=1S/C24H33BrO/c25-20-14-7-5-3-1-2-4-6-8-15-21-26-24-19-13-12-18-23(24)22-16-10-9-11-17-22/h9-13,16-19H,1-8,14-15,20-21H2. The summed E-state index contributed by atoms with van der Waals surface area (Å²) in [4.78, 5) is 0. The number of halogens is 1. The van der Waals surface area contributed by atoms with Gasteiger partial charge >= 0.3 is 0 Å². The fourth-order valence-corrected chi connectivity index (χ4v) is 3.64. The minimum absolute atomic E-state index is 0.816. The summed E-state index contributed by atoms with van der Waals surface area (Å²) in [5.74, 6) is 1.00. The Kier molecular flexibility index (Phi) is 11.2. The van der Waals surface area contributed by atoms with E-state index in [1.165, 1.54) is 68.9 Å². The number of alkyl halides is 1. The van der Waals surface area contributed by atoms with Crippen molar-refractivity contribution in [3.05, 3.63) is 54.6 Å². The van der Waals surface area contributed by atoms with Gasteiger partial charge in [0.15, 0.2) is 0 Å². The Labute approximate surface area is 168 Å². The highest BCUT2D eigenvalue weighted by Gasteiger charge is 2.04. The average Bonchev–Trinajstić information content (AvgIpc) is 2.70. The SMILES string of the molecule is BrCCCCCCCCCCCCOc1ccccc1-c1ccccc1. The molecule has 0 saturated heterocycles. The van der Waals surface area contributed by atoms with E-state index in [4.69, 9.17) is 4.74 Å². The molecule has 0 amide bonds. The number of hydrogen-bond donors (Lipinski definition) is 0. The van der Waals surface area contributed by atoms with Crippen LogP contribution in [0, 0.1) is 0 Å². The third kappa shape index (κ3) is 8.40. The van der Waals surface area contributed by atoms with Gasteiger partial charge in [-0.05, 0) is 24.5 Å². The van der Waals surface area contributed by atoms with Crippen molar-refractivity contribution in [2.75, 3.05) is 11.9 Å². The second-order valence-electron chi connectivity index (χ2n) is 6.94. The van der Waals surface area contributed by atoms with Gasteiger partial charge < -0.3 is 4.74 Å². The van der Waals surface area contributed by atoms with E-state index in [1.807, 2.05) is 0 Å². The van der Waals surface area contributed by atoms with Crippen LogP contribution in [0.25, 0.3) is 11.1 Å². The van der Waals surface area contributed by atoms with Crippen molar-refractivity contribution in [2.24, 2.45) is 0 Å². The normalized spacial score (nSPS) is 10.8. The van der Waals surface area contributed by atoms with Gasteiger partial charge in [0.2, 0.25) is 0 Å². The van der Waals surface area contributed by atoms with Crippen LogP contribution in [0.1, 0.15) is 64.2 Å². The monoisotopic (exact) mass is 416 g/mol. The van der Waals surface area contributed by atoms with Gasteiger partial charge in [-0.2, -0.15) is 0 Å². The molecule has 0 unspecified atom stereocenters. The van der Waals surface area contributed by atoms with Crippen LogP contribution in [0.15, 0.2) is 54.6 Å². The molecule has 2 rings (SSSR count). The van der Waals surface area contributed by atoms with Gasteiger partial charge in [-0.15, -0.1) is 0 Å². The van der Waals surface area contributed by atoms with Gasteiger partial charge in [0.25, 0.3) is 0 Å². The Hall–Kier alpha value is -1.28. The number of ether oxygens (including phenoxy) is 1. The maximum Gasteiger partial charge on any atom is 0.127 e. The number of hydrogen-bond acceptors (Lipinski definition) is 1. The van der Waals surface area contributed by atoms with E-state index >= 15 is 0 Å². The zero-order chi connectivity index (χ0) is 18.3. The molecule has 2 aromatic carbocycles. The van der Waals surface area contributed by atoms with Crippen LogP contribution < -0.4 is 4.74 Å². The number of unbranched alkanes of at least 4 members (excludes halogenated alkanes) is 9. The van der Waals surface area contributed by atoms with Crippen LogP contribution in [-0.4, -0.2) is 11.9 Å². The summed E-state index contributed by atoms with van der Waals surface area (Å²) < 4.78 is 6.07. The van der Waals surface area contributed by atoms with Crippen molar-refractivity contribution < 1.29 is 4.74 Å². The van der Waals surface area contributed by atoms with Gasteiger partial charge in [0.05, 0.1) is 6.61 Å². The van der Waals surface area contributed by atoms with Crippen LogP contribution in [-0.2, 0) is 0 Å². The van der Waals surface area contributed by atoms with Crippen LogP contribution in [0.5, 0.6) is 5.75 Å². The van der Waals surface area contributed by atoms with E-state index in [1.54, 1.807) is 0 Å². The Morgan fingerprint density at radius 1 is 0.577 bits per heavy atom. The molecule has 0 heterocycles. The van der Waals surface area contributed by atoms with Crippen molar-refractivity contribution >= 4 is 15.9 Å². The van der Waals surface area contributed by atoms with Crippen molar-refractivity contribution in [1.29, 1.82) is 0 Å². The van der Waals surface area contributed by atoms with Gasteiger partial charge in [-0.1, -0.05) is 116 Å². The molecule has 0 N–H and O–H groups in total. The predicted octanol–water partition coefficient (Wildman–Crippen LogP) is 8.03. The van der Waals surface area contributed by atoms with Crippen molar-refractivity contribution in [3.63, 3.8) is 0 Å². The van der Waals surface area contributed by atoms with Gasteiger partial charge in [0, 0.05) is 10.9 Å². The number of benzene rings is 2. The molecule has 142 valence electrons. The van der Waals surface area contributed by atoms with Gasteiger partial charge in [-0.3, -0.25) is 0 Å². The summed E-state index contributed by atoms with van der Waals surface area (Å²) in [6.45, 7) is 0.816. The van der Waals surface area contributed by atoms with Crippen molar-refractivity contribution in [1.82, 2.24) is 0 Å². The highest BCUT2D eigenvalue weighted by Crippen LogP contribution is 2.29. The van der Waals surface area contributed by atoms with Crippen molar-refractivity contribution in [2.45, 2.75) is 64.2 Å². The lowest BCUT2D eigenvalue weighted by Gasteiger charge is -2.11. The lowest BCUT2D eigenvalue weighted by Crippen LogP contribution is -1.98. The van der Waals surface area contributed by atoms with Gasteiger partial charge in [0.1, 0.15) is 5.75 Å². The summed E-state index contributed by atoms with van der Waals surface area (Å²) in [6, 6.07) is 18.8. The van der Waals surface area contributed by atoms with E-state index in [0.29, 0.717) is 0 Å². The second kappa shape index (κ2) is 13.9. The molecule has 0 fully saturated rings. The summed E-state index contributed by atoms with van der Waals surface area (Å²) in [7, 11) is 0. The molecule has 26 heavy (non-hydrogen) atoms. The molecule has 2 heteroatoms. The van der Waals surface area contributed by atoms with E-state index in [9.17, 15) is 0 Å². The lowest BCUT2D eigenvalue weighted by atomic mass is 10.0. The van der Waals surface area contributed by atoms with Crippen molar-refractivity contribution in [3.8, 4) is 16.9 Å². The summed E-state index contributed by atoms with van der Waals surface area (Å²) in [5.41, 5.74) is 2.41. The Morgan fingerprint density at radius 3 is 1.77 bits per heavy atom. The smallest absolute Gasteiger partial charge is 0.127 e. The quantitative estimate of drug-likeness (QED) is 0.223.